The largest absolute Gasteiger partial charge is 0.478 e. The molecule has 1 N–H and O–H groups in total. The summed E-state index contributed by atoms with van der Waals surface area (Å²) in [6.07, 6.45) is 0. The molecule has 0 aliphatic carbocycles. The van der Waals surface area contributed by atoms with E-state index in [4.69, 9.17) is 4.74 Å². The van der Waals surface area contributed by atoms with Gasteiger partial charge in [0, 0.05) is 12.1 Å². The minimum atomic E-state index is -4.20. The predicted molar refractivity (Wildman–Crippen MR) is 81.2 cm³/mol. The first-order chi connectivity index (χ1) is 11.8. The van der Waals surface area contributed by atoms with Crippen molar-refractivity contribution in [2.24, 2.45) is 0 Å². The molecule has 0 fully saturated rings. The van der Waals surface area contributed by atoms with Crippen molar-refractivity contribution in [1.82, 2.24) is 4.72 Å². The van der Waals surface area contributed by atoms with Crippen LogP contribution in [0.5, 0.6) is 5.75 Å². The van der Waals surface area contributed by atoms with Gasteiger partial charge in [-0.25, -0.2) is 26.0 Å². The molecule has 0 aliphatic heterocycles. The van der Waals surface area contributed by atoms with E-state index in [-0.39, 0.29) is 18.9 Å². The van der Waals surface area contributed by atoms with Crippen LogP contribution in [0.1, 0.15) is 0 Å². The molecule has 0 bridgehead atoms. The molecule has 2 aromatic rings. The normalized spacial score (nSPS) is 10.9. The van der Waals surface area contributed by atoms with Gasteiger partial charge in [0.05, 0.1) is 6.54 Å². The van der Waals surface area contributed by atoms with E-state index in [1.807, 2.05) is 4.72 Å². The van der Waals surface area contributed by atoms with E-state index < -0.39 is 38.2 Å². The van der Waals surface area contributed by atoms with Gasteiger partial charge in [0.2, 0.25) is 10.0 Å². The number of hydrogen-bond donors (Lipinski definition) is 1. The molecule has 4 nitrogen and oxygen atoms in total. The number of hydrogen-bond acceptors (Lipinski definition) is 3. The molecule has 2 rings (SSSR count). The average Bonchev–Trinajstić information content (AvgIpc) is 2.52. The Balaban J connectivity index is 1.89. The van der Waals surface area contributed by atoms with Crippen molar-refractivity contribution in [2.75, 3.05) is 13.2 Å². The summed E-state index contributed by atoms with van der Waals surface area (Å²) in [5.74, 6) is 0.818. The lowest BCUT2D eigenvalue weighted by atomic mass is 10.3. The van der Waals surface area contributed by atoms with Crippen LogP contribution in [0.15, 0.2) is 41.3 Å². The number of sulfonamides is 1. The molecule has 9 heteroatoms. The summed E-state index contributed by atoms with van der Waals surface area (Å²) in [5.41, 5.74) is 0. The molecular formula is C16H11F4NO3S. The quantitative estimate of drug-likeness (QED) is 0.648. The molecule has 0 saturated heterocycles. The lowest BCUT2D eigenvalue weighted by Crippen LogP contribution is -2.25. The van der Waals surface area contributed by atoms with E-state index in [1.165, 1.54) is 0 Å². The summed E-state index contributed by atoms with van der Waals surface area (Å²) in [6.45, 7) is -0.635. The monoisotopic (exact) mass is 373 g/mol. The van der Waals surface area contributed by atoms with Crippen LogP contribution in [-0.2, 0) is 10.0 Å². The third-order valence-corrected chi connectivity index (χ3v) is 4.29. The highest BCUT2D eigenvalue weighted by Crippen LogP contribution is 2.17. The van der Waals surface area contributed by atoms with E-state index in [1.54, 1.807) is 0 Å². The Morgan fingerprint density at radius 1 is 0.920 bits per heavy atom. The van der Waals surface area contributed by atoms with E-state index >= 15 is 0 Å². The van der Waals surface area contributed by atoms with Gasteiger partial charge in [0.15, 0.2) is 11.6 Å². The number of halogens is 4. The summed E-state index contributed by atoms with van der Waals surface area (Å²) in [5, 5.41) is 0. The van der Waals surface area contributed by atoms with Crippen LogP contribution < -0.4 is 9.46 Å². The fraction of sp³-hybridized carbons (Fsp3) is 0.125. The summed E-state index contributed by atoms with van der Waals surface area (Å²) in [4.78, 5) is -0.708. The molecule has 0 spiro atoms. The Hall–Kier alpha value is -2.57. The minimum Gasteiger partial charge on any atom is -0.478 e. The molecule has 0 atom stereocenters. The van der Waals surface area contributed by atoms with Crippen molar-refractivity contribution >= 4 is 10.0 Å². The maximum absolute atomic E-state index is 13.5. The standard InChI is InChI=1S/C16H11F4NO3S/c17-11-3-5-15(13(19)9-11)24-8-2-1-7-21-25(22,23)16-6-4-12(18)10-14(16)20/h3-6,9-10,21H,7-8H2. The molecule has 0 aromatic heterocycles. The number of rotatable bonds is 5. The van der Waals surface area contributed by atoms with Crippen molar-refractivity contribution in [1.29, 1.82) is 0 Å². The van der Waals surface area contributed by atoms with Gasteiger partial charge in [-0.15, -0.1) is 0 Å². The lowest BCUT2D eigenvalue weighted by molar-refractivity contribution is 0.346. The van der Waals surface area contributed by atoms with Crippen LogP contribution >= 0.6 is 0 Å². The van der Waals surface area contributed by atoms with Crippen molar-refractivity contribution in [3.05, 3.63) is 59.7 Å². The average molecular weight is 373 g/mol. The molecule has 0 radical (unpaired) electrons. The fourth-order valence-corrected chi connectivity index (χ4v) is 2.70. The van der Waals surface area contributed by atoms with Gasteiger partial charge in [-0.3, -0.25) is 0 Å². The molecule has 25 heavy (non-hydrogen) atoms. The molecule has 0 aliphatic rings. The van der Waals surface area contributed by atoms with Crippen molar-refractivity contribution in [3.63, 3.8) is 0 Å². The van der Waals surface area contributed by atoms with Crippen LogP contribution in [0.25, 0.3) is 0 Å². The van der Waals surface area contributed by atoms with Gasteiger partial charge < -0.3 is 4.74 Å². The Morgan fingerprint density at radius 2 is 1.56 bits per heavy atom. The Bertz CT molecular complexity index is 936. The van der Waals surface area contributed by atoms with E-state index in [9.17, 15) is 26.0 Å². The van der Waals surface area contributed by atoms with Gasteiger partial charge in [0.25, 0.3) is 0 Å². The number of nitrogens with one attached hydrogen (secondary N) is 1. The Labute approximate surface area is 141 Å². The SMILES string of the molecule is O=S(=O)(NCC#CCOc1ccc(F)cc1F)c1ccc(F)cc1F. The number of benzene rings is 2. The van der Waals surface area contributed by atoms with Crippen molar-refractivity contribution < 1.29 is 30.7 Å². The third kappa shape index (κ3) is 5.20. The molecule has 0 heterocycles. The summed E-state index contributed by atoms with van der Waals surface area (Å²) in [6, 6.07) is 4.80. The molecule has 132 valence electrons. The summed E-state index contributed by atoms with van der Waals surface area (Å²) in [7, 11) is -4.20. The van der Waals surface area contributed by atoms with Crippen LogP contribution in [-0.4, -0.2) is 21.6 Å². The van der Waals surface area contributed by atoms with Gasteiger partial charge in [0.1, 0.15) is 29.0 Å². The Kier molecular flexibility index (Phi) is 6.01. The maximum Gasteiger partial charge on any atom is 0.244 e. The van der Waals surface area contributed by atoms with E-state index in [2.05, 4.69) is 11.8 Å². The second-order valence-corrected chi connectivity index (χ2v) is 6.35. The zero-order chi connectivity index (χ0) is 18.4. The van der Waals surface area contributed by atoms with Gasteiger partial charge in [-0.05, 0) is 24.3 Å². The topological polar surface area (TPSA) is 55.4 Å². The molecule has 0 saturated carbocycles. The first-order valence-corrected chi connectivity index (χ1v) is 8.26. The zero-order valence-corrected chi connectivity index (χ0v) is 13.3. The third-order valence-electron chi connectivity index (χ3n) is 2.85. The Morgan fingerprint density at radius 3 is 2.20 bits per heavy atom. The first kappa shape index (κ1) is 18.8. The van der Waals surface area contributed by atoms with Crippen LogP contribution in [0.4, 0.5) is 17.6 Å². The van der Waals surface area contributed by atoms with Gasteiger partial charge >= 0.3 is 0 Å². The molecular weight excluding hydrogens is 362 g/mol. The highest BCUT2D eigenvalue weighted by Gasteiger charge is 2.18. The van der Waals surface area contributed by atoms with Crippen LogP contribution in [0.3, 0.4) is 0 Å². The second kappa shape index (κ2) is 8.00. The van der Waals surface area contributed by atoms with Gasteiger partial charge in [-0.2, -0.15) is 4.72 Å². The molecule has 0 amide bonds. The van der Waals surface area contributed by atoms with Crippen LogP contribution in [0, 0.1) is 35.1 Å². The van der Waals surface area contributed by atoms with E-state index in [0.717, 1.165) is 24.3 Å². The smallest absolute Gasteiger partial charge is 0.244 e. The van der Waals surface area contributed by atoms with Crippen molar-refractivity contribution in [2.45, 2.75) is 4.90 Å². The molecule has 0 unspecified atom stereocenters. The highest BCUT2D eigenvalue weighted by molar-refractivity contribution is 7.89. The predicted octanol–water partition coefficient (Wildman–Crippen LogP) is 2.60. The maximum atomic E-state index is 13.5. The fourth-order valence-electron chi connectivity index (χ4n) is 1.72. The minimum absolute atomic E-state index is 0.204. The summed E-state index contributed by atoms with van der Waals surface area (Å²) < 4.78 is 82.8. The highest BCUT2D eigenvalue weighted by atomic mass is 32.2. The van der Waals surface area contributed by atoms with Gasteiger partial charge in [-0.1, -0.05) is 11.8 Å². The summed E-state index contributed by atoms with van der Waals surface area (Å²) >= 11 is 0. The van der Waals surface area contributed by atoms with Crippen molar-refractivity contribution in [3.8, 4) is 17.6 Å². The van der Waals surface area contributed by atoms with E-state index in [0.29, 0.717) is 12.1 Å². The van der Waals surface area contributed by atoms with Crippen LogP contribution in [0.2, 0.25) is 0 Å². The second-order valence-electron chi connectivity index (χ2n) is 4.62. The molecule has 2 aromatic carbocycles. The lowest BCUT2D eigenvalue weighted by Gasteiger charge is -2.05. The number of ether oxygens (including phenoxy) is 1. The first-order valence-electron chi connectivity index (χ1n) is 6.78. The zero-order valence-electron chi connectivity index (χ0n) is 12.5.